The van der Waals surface area contributed by atoms with Gasteiger partial charge in [0.05, 0.1) is 18.0 Å². The summed E-state index contributed by atoms with van der Waals surface area (Å²) in [5.41, 5.74) is 1.76. The largest absolute Gasteiger partial charge is 0.481 e. The lowest BCUT2D eigenvalue weighted by Crippen LogP contribution is -2.03. The summed E-state index contributed by atoms with van der Waals surface area (Å²) < 4.78 is 6.57. The molecule has 19 heavy (non-hydrogen) atoms. The summed E-state index contributed by atoms with van der Waals surface area (Å²) in [5, 5.41) is 20.4. The van der Waals surface area contributed by atoms with Crippen LogP contribution in [0.1, 0.15) is 5.56 Å². The minimum absolute atomic E-state index is 0.0852. The van der Waals surface area contributed by atoms with Gasteiger partial charge in [0.2, 0.25) is 5.16 Å². The molecule has 8 heteroatoms. The molecular weight excluding hydrogens is 268 g/mol. The second-order valence-corrected chi connectivity index (χ2v) is 4.60. The highest BCUT2D eigenvalue weighted by molar-refractivity contribution is 7.99. The highest BCUT2D eigenvalue weighted by Gasteiger charge is 2.11. The fraction of sp³-hybridized carbons (Fsp3) is 0.273. The predicted molar refractivity (Wildman–Crippen MR) is 68.2 cm³/mol. The van der Waals surface area contributed by atoms with Crippen molar-refractivity contribution in [3.05, 3.63) is 29.8 Å². The number of aromatic nitrogens is 4. The number of carboxylic acid groups (broad SMARTS) is 1. The standard InChI is InChI=1S/C11H12N4O3S/c1-18-6-8-3-2-4-9(5-8)15-11(12-13-14-15)19-7-10(16)17/h2-5H,6-7H2,1H3,(H,16,17). The summed E-state index contributed by atoms with van der Waals surface area (Å²) in [5.74, 6) is -0.995. The molecule has 2 aromatic rings. The average Bonchev–Trinajstić information content (AvgIpc) is 2.85. The number of carbonyl (C=O) groups is 1. The van der Waals surface area contributed by atoms with E-state index in [2.05, 4.69) is 15.5 Å². The number of tetrazole rings is 1. The Morgan fingerprint density at radius 3 is 3.11 bits per heavy atom. The molecule has 0 aliphatic rings. The van der Waals surface area contributed by atoms with Gasteiger partial charge in [-0.1, -0.05) is 23.9 Å². The Balaban J connectivity index is 2.23. The van der Waals surface area contributed by atoms with Crippen LogP contribution in [0.2, 0.25) is 0 Å². The molecule has 0 amide bonds. The number of ether oxygens (including phenoxy) is 1. The van der Waals surface area contributed by atoms with E-state index in [1.54, 1.807) is 7.11 Å². The van der Waals surface area contributed by atoms with Gasteiger partial charge in [0.25, 0.3) is 0 Å². The Morgan fingerprint density at radius 1 is 1.53 bits per heavy atom. The van der Waals surface area contributed by atoms with Crippen molar-refractivity contribution in [1.82, 2.24) is 20.2 Å². The monoisotopic (exact) mass is 280 g/mol. The summed E-state index contributed by atoms with van der Waals surface area (Å²) in [7, 11) is 1.62. The Kier molecular flexibility index (Phi) is 4.48. The molecule has 100 valence electrons. The molecule has 1 aromatic heterocycles. The first kappa shape index (κ1) is 13.5. The third kappa shape index (κ3) is 3.52. The molecule has 1 heterocycles. The first-order valence-corrected chi connectivity index (χ1v) is 6.40. The number of hydrogen-bond acceptors (Lipinski definition) is 6. The summed E-state index contributed by atoms with van der Waals surface area (Å²) in [6.07, 6.45) is 0. The Morgan fingerprint density at radius 2 is 2.37 bits per heavy atom. The number of benzene rings is 1. The van der Waals surface area contributed by atoms with Crippen molar-refractivity contribution < 1.29 is 14.6 Å². The van der Waals surface area contributed by atoms with E-state index >= 15 is 0 Å². The zero-order chi connectivity index (χ0) is 13.7. The number of rotatable bonds is 6. The van der Waals surface area contributed by atoms with Crippen molar-refractivity contribution in [1.29, 1.82) is 0 Å². The molecule has 0 atom stereocenters. The topological polar surface area (TPSA) is 90.1 Å². The van der Waals surface area contributed by atoms with Gasteiger partial charge in [-0.3, -0.25) is 4.79 Å². The Bertz CT molecular complexity index is 573. The second-order valence-electron chi connectivity index (χ2n) is 3.66. The van der Waals surface area contributed by atoms with Gasteiger partial charge in [0.15, 0.2) is 0 Å². The van der Waals surface area contributed by atoms with Gasteiger partial charge in [-0.25, -0.2) is 0 Å². The maximum atomic E-state index is 10.6. The number of thioether (sulfide) groups is 1. The second kappa shape index (κ2) is 6.30. The average molecular weight is 280 g/mol. The maximum absolute atomic E-state index is 10.6. The Hall–Kier alpha value is -1.93. The molecule has 7 nitrogen and oxygen atoms in total. The molecule has 0 saturated heterocycles. The number of hydrogen-bond donors (Lipinski definition) is 1. The van der Waals surface area contributed by atoms with Crippen LogP contribution >= 0.6 is 11.8 Å². The molecule has 0 saturated carbocycles. The zero-order valence-corrected chi connectivity index (χ0v) is 11.0. The molecular formula is C11H12N4O3S. The Labute approximate surface area is 113 Å². The van der Waals surface area contributed by atoms with Crippen molar-refractivity contribution in [2.75, 3.05) is 12.9 Å². The predicted octanol–water partition coefficient (Wildman–Crippen LogP) is 0.985. The quantitative estimate of drug-likeness (QED) is 0.789. The zero-order valence-electron chi connectivity index (χ0n) is 10.2. The van der Waals surface area contributed by atoms with E-state index in [1.807, 2.05) is 24.3 Å². The molecule has 0 radical (unpaired) electrons. The lowest BCUT2D eigenvalue weighted by Gasteiger charge is -2.05. The lowest BCUT2D eigenvalue weighted by molar-refractivity contribution is -0.133. The molecule has 0 spiro atoms. The van der Waals surface area contributed by atoms with Gasteiger partial charge in [-0.2, -0.15) is 4.68 Å². The number of aliphatic carboxylic acids is 1. The van der Waals surface area contributed by atoms with Crippen LogP contribution in [0.5, 0.6) is 0 Å². The first-order valence-electron chi connectivity index (χ1n) is 5.42. The van der Waals surface area contributed by atoms with E-state index in [0.717, 1.165) is 23.0 Å². The van der Waals surface area contributed by atoms with E-state index < -0.39 is 5.97 Å². The molecule has 0 bridgehead atoms. The van der Waals surface area contributed by atoms with E-state index in [4.69, 9.17) is 9.84 Å². The third-order valence-corrected chi connectivity index (χ3v) is 3.14. The van der Waals surface area contributed by atoms with Gasteiger partial charge in [0, 0.05) is 7.11 Å². The van der Waals surface area contributed by atoms with Crippen molar-refractivity contribution in [2.24, 2.45) is 0 Å². The number of carboxylic acids is 1. The fourth-order valence-corrected chi connectivity index (χ4v) is 2.11. The first-order chi connectivity index (χ1) is 9.20. The van der Waals surface area contributed by atoms with Crippen LogP contribution in [0.25, 0.3) is 5.69 Å². The minimum atomic E-state index is -0.910. The van der Waals surface area contributed by atoms with E-state index in [1.165, 1.54) is 4.68 Å². The molecule has 0 aliphatic carbocycles. The molecule has 1 aromatic carbocycles. The van der Waals surface area contributed by atoms with E-state index in [0.29, 0.717) is 11.8 Å². The molecule has 1 N–H and O–H groups in total. The maximum Gasteiger partial charge on any atom is 0.313 e. The van der Waals surface area contributed by atoms with Crippen LogP contribution in [-0.2, 0) is 16.1 Å². The van der Waals surface area contributed by atoms with Gasteiger partial charge in [-0.05, 0) is 28.1 Å². The van der Waals surface area contributed by atoms with Crippen LogP contribution in [0.15, 0.2) is 29.4 Å². The smallest absolute Gasteiger partial charge is 0.313 e. The third-order valence-electron chi connectivity index (χ3n) is 2.23. The number of methoxy groups -OCH3 is 1. The van der Waals surface area contributed by atoms with E-state index in [-0.39, 0.29) is 5.75 Å². The van der Waals surface area contributed by atoms with Crippen LogP contribution in [0, 0.1) is 0 Å². The summed E-state index contributed by atoms with van der Waals surface area (Å²) in [4.78, 5) is 10.6. The van der Waals surface area contributed by atoms with Crippen molar-refractivity contribution in [3.63, 3.8) is 0 Å². The molecule has 0 unspecified atom stereocenters. The highest BCUT2D eigenvalue weighted by Crippen LogP contribution is 2.18. The van der Waals surface area contributed by atoms with E-state index in [9.17, 15) is 4.79 Å². The molecule has 0 aliphatic heterocycles. The van der Waals surface area contributed by atoms with Gasteiger partial charge in [0.1, 0.15) is 0 Å². The van der Waals surface area contributed by atoms with Crippen molar-refractivity contribution in [3.8, 4) is 5.69 Å². The van der Waals surface area contributed by atoms with Crippen LogP contribution in [0.3, 0.4) is 0 Å². The van der Waals surface area contributed by atoms with Crippen molar-refractivity contribution >= 4 is 17.7 Å². The molecule has 2 rings (SSSR count). The van der Waals surface area contributed by atoms with Crippen LogP contribution < -0.4 is 0 Å². The van der Waals surface area contributed by atoms with Gasteiger partial charge >= 0.3 is 5.97 Å². The van der Waals surface area contributed by atoms with Gasteiger partial charge < -0.3 is 9.84 Å². The fourth-order valence-electron chi connectivity index (χ4n) is 1.50. The summed E-state index contributed by atoms with van der Waals surface area (Å²) in [6.45, 7) is 0.494. The van der Waals surface area contributed by atoms with Crippen LogP contribution in [0.4, 0.5) is 0 Å². The minimum Gasteiger partial charge on any atom is -0.481 e. The van der Waals surface area contributed by atoms with Crippen LogP contribution in [-0.4, -0.2) is 44.1 Å². The van der Waals surface area contributed by atoms with Crippen molar-refractivity contribution in [2.45, 2.75) is 11.8 Å². The summed E-state index contributed by atoms with van der Waals surface area (Å²) >= 11 is 1.07. The van der Waals surface area contributed by atoms with Gasteiger partial charge in [-0.15, -0.1) is 5.10 Å². The summed E-state index contributed by atoms with van der Waals surface area (Å²) in [6, 6.07) is 7.55. The highest BCUT2D eigenvalue weighted by atomic mass is 32.2. The normalized spacial score (nSPS) is 10.6. The lowest BCUT2D eigenvalue weighted by atomic mass is 10.2. The molecule has 0 fully saturated rings. The number of nitrogens with zero attached hydrogens (tertiary/aromatic N) is 4. The SMILES string of the molecule is COCc1cccc(-n2nnnc2SCC(=O)O)c1.